The molecule has 1 aromatic carbocycles. The number of para-hydroxylation sites is 1. The van der Waals surface area contributed by atoms with Crippen molar-refractivity contribution in [2.24, 2.45) is 0 Å². The number of nitrogens with zero attached hydrogens (tertiary/aromatic N) is 2. The molecule has 0 radical (unpaired) electrons. The predicted molar refractivity (Wildman–Crippen MR) is 79.6 cm³/mol. The highest BCUT2D eigenvalue weighted by atomic mass is 16.5. The quantitative estimate of drug-likeness (QED) is 0.897. The van der Waals surface area contributed by atoms with Crippen molar-refractivity contribution in [2.45, 2.75) is 32.5 Å². The molecular weight excluding hydrogens is 270 g/mol. The lowest BCUT2D eigenvalue weighted by Crippen LogP contribution is -2.43. The minimum absolute atomic E-state index is 0.0759. The number of ether oxygens (including phenoxy) is 1. The van der Waals surface area contributed by atoms with Gasteiger partial charge in [-0.15, -0.1) is 0 Å². The summed E-state index contributed by atoms with van der Waals surface area (Å²) >= 11 is 0. The van der Waals surface area contributed by atoms with E-state index in [-0.39, 0.29) is 24.0 Å². The third-order valence-electron chi connectivity index (χ3n) is 3.70. The molecule has 6 heteroatoms. The Kier molecular flexibility index (Phi) is 3.29. The third-order valence-corrected chi connectivity index (χ3v) is 3.70. The second-order valence-corrected chi connectivity index (χ2v) is 5.12. The third kappa shape index (κ3) is 2.33. The van der Waals surface area contributed by atoms with Gasteiger partial charge in [0.25, 0.3) is 5.56 Å². The summed E-state index contributed by atoms with van der Waals surface area (Å²) in [5.41, 5.74) is 6.05. The lowest BCUT2D eigenvalue weighted by Gasteiger charge is -2.14. The summed E-state index contributed by atoms with van der Waals surface area (Å²) in [5, 5.41) is 0. The summed E-state index contributed by atoms with van der Waals surface area (Å²) in [6.45, 7) is 2.50. The lowest BCUT2D eigenvalue weighted by atomic mass is 10.1. The molecule has 1 aliphatic heterocycles. The standard InChI is InChI=1S/C15H17N3O3/c1-2-17-9-12(16)14(19)18(15(17)20)8-11-7-10-5-3-4-6-13(10)21-11/h3-6,9,11H,2,7-8,16H2,1H3. The Bertz CT molecular complexity index is 766. The summed E-state index contributed by atoms with van der Waals surface area (Å²) in [6.07, 6.45) is 1.86. The van der Waals surface area contributed by atoms with E-state index in [2.05, 4.69) is 0 Å². The smallest absolute Gasteiger partial charge is 0.331 e. The van der Waals surface area contributed by atoms with E-state index in [0.717, 1.165) is 15.9 Å². The minimum atomic E-state index is -0.454. The average molecular weight is 287 g/mol. The first-order chi connectivity index (χ1) is 10.1. The molecule has 1 atom stereocenters. The molecule has 0 saturated heterocycles. The van der Waals surface area contributed by atoms with Crippen LogP contribution < -0.4 is 21.7 Å². The second kappa shape index (κ2) is 5.12. The summed E-state index contributed by atoms with van der Waals surface area (Å²) < 4.78 is 8.38. The lowest BCUT2D eigenvalue weighted by molar-refractivity contribution is 0.204. The number of aromatic nitrogens is 2. The van der Waals surface area contributed by atoms with Crippen molar-refractivity contribution in [3.63, 3.8) is 0 Å². The molecule has 2 aromatic rings. The number of hydrogen-bond donors (Lipinski definition) is 1. The molecular formula is C15H17N3O3. The molecule has 0 amide bonds. The van der Waals surface area contributed by atoms with Gasteiger partial charge < -0.3 is 10.5 Å². The fourth-order valence-corrected chi connectivity index (χ4v) is 2.62. The average Bonchev–Trinajstić information content (AvgIpc) is 2.89. The molecule has 110 valence electrons. The number of rotatable bonds is 3. The number of fused-ring (bicyclic) bond motifs is 1. The van der Waals surface area contributed by atoms with Crippen LogP contribution in [0.1, 0.15) is 12.5 Å². The van der Waals surface area contributed by atoms with Crippen LogP contribution in [0, 0.1) is 0 Å². The van der Waals surface area contributed by atoms with Gasteiger partial charge in [-0.1, -0.05) is 18.2 Å². The fraction of sp³-hybridized carbons (Fsp3) is 0.333. The summed E-state index contributed by atoms with van der Waals surface area (Å²) in [6, 6.07) is 7.73. The summed E-state index contributed by atoms with van der Waals surface area (Å²) in [4.78, 5) is 24.3. The number of nitrogens with two attached hydrogens (primary N) is 1. The van der Waals surface area contributed by atoms with E-state index in [1.54, 1.807) is 0 Å². The molecule has 2 N–H and O–H groups in total. The molecule has 1 unspecified atom stereocenters. The first kappa shape index (κ1) is 13.5. The van der Waals surface area contributed by atoms with Crippen molar-refractivity contribution in [1.29, 1.82) is 0 Å². The molecule has 0 bridgehead atoms. The van der Waals surface area contributed by atoms with Crippen molar-refractivity contribution in [3.8, 4) is 5.75 Å². The van der Waals surface area contributed by atoms with E-state index < -0.39 is 5.56 Å². The zero-order valence-corrected chi connectivity index (χ0v) is 11.8. The van der Waals surface area contributed by atoms with Gasteiger partial charge in [0, 0.05) is 19.2 Å². The molecule has 2 heterocycles. The number of hydrogen-bond acceptors (Lipinski definition) is 4. The SMILES string of the molecule is CCn1cc(N)c(=O)n(CC2Cc3ccccc3O2)c1=O. The maximum absolute atomic E-state index is 12.2. The van der Waals surface area contributed by atoms with Crippen molar-refractivity contribution < 1.29 is 4.74 Å². The Morgan fingerprint density at radius 1 is 1.33 bits per heavy atom. The molecule has 0 spiro atoms. The zero-order chi connectivity index (χ0) is 15.0. The van der Waals surface area contributed by atoms with Crippen LogP contribution in [-0.4, -0.2) is 15.2 Å². The van der Waals surface area contributed by atoms with Crippen LogP contribution in [0.15, 0.2) is 40.1 Å². The molecule has 1 aromatic heterocycles. The highest BCUT2D eigenvalue weighted by Crippen LogP contribution is 2.28. The maximum Gasteiger partial charge on any atom is 0.331 e. The van der Waals surface area contributed by atoms with Gasteiger partial charge in [-0.05, 0) is 18.6 Å². The molecule has 0 aliphatic carbocycles. The Labute approximate surface area is 121 Å². The molecule has 21 heavy (non-hydrogen) atoms. The number of anilines is 1. The molecule has 1 aliphatic rings. The van der Waals surface area contributed by atoms with Gasteiger partial charge in [-0.3, -0.25) is 13.9 Å². The molecule has 3 rings (SSSR count). The molecule has 6 nitrogen and oxygen atoms in total. The predicted octanol–water partition coefficient (Wildman–Crippen LogP) is 0.616. The van der Waals surface area contributed by atoms with Crippen LogP contribution in [0.2, 0.25) is 0 Å². The van der Waals surface area contributed by atoms with Crippen molar-refractivity contribution in [2.75, 3.05) is 5.73 Å². The second-order valence-electron chi connectivity index (χ2n) is 5.12. The van der Waals surface area contributed by atoms with Crippen molar-refractivity contribution >= 4 is 5.69 Å². The van der Waals surface area contributed by atoms with E-state index in [9.17, 15) is 9.59 Å². The summed E-state index contributed by atoms with van der Waals surface area (Å²) in [7, 11) is 0. The van der Waals surface area contributed by atoms with Gasteiger partial charge >= 0.3 is 5.69 Å². The summed E-state index contributed by atoms with van der Waals surface area (Å²) in [5.74, 6) is 0.815. The Morgan fingerprint density at radius 3 is 2.81 bits per heavy atom. The van der Waals surface area contributed by atoms with E-state index >= 15 is 0 Å². The largest absolute Gasteiger partial charge is 0.488 e. The van der Waals surface area contributed by atoms with Gasteiger partial charge in [0.1, 0.15) is 17.5 Å². The molecule has 0 saturated carbocycles. The highest BCUT2D eigenvalue weighted by Gasteiger charge is 2.24. The van der Waals surface area contributed by atoms with Crippen LogP contribution in [0.4, 0.5) is 5.69 Å². The van der Waals surface area contributed by atoms with Crippen LogP contribution in [0.25, 0.3) is 0 Å². The monoisotopic (exact) mass is 287 g/mol. The van der Waals surface area contributed by atoms with Crippen LogP contribution in [0.5, 0.6) is 5.75 Å². The van der Waals surface area contributed by atoms with Gasteiger partial charge in [0.15, 0.2) is 0 Å². The van der Waals surface area contributed by atoms with E-state index in [4.69, 9.17) is 10.5 Å². The molecule has 0 fully saturated rings. The first-order valence-electron chi connectivity index (χ1n) is 6.94. The van der Waals surface area contributed by atoms with Crippen LogP contribution >= 0.6 is 0 Å². The normalized spacial score (nSPS) is 16.5. The minimum Gasteiger partial charge on any atom is -0.488 e. The highest BCUT2D eigenvalue weighted by molar-refractivity contribution is 5.37. The van der Waals surface area contributed by atoms with Crippen LogP contribution in [0.3, 0.4) is 0 Å². The van der Waals surface area contributed by atoms with E-state index in [1.165, 1.54) is 10.8 Å². The van der Waals surface area contributed by atoms with E-state index in [1.807, 2.05) is 31.2 Å². The Hall–Kier alpha value is -2.50. The van der Waals surface area contributed by atoms with Gasteiger partial charge in [-0.2, -0.15) is 0 Å². The van der Waals surface area contributed by atoms with Gasteiger partial charge in [-0.25, -0.2) is 4.79 Å². The number of nitrogen functional groups attached to an aromatic ring is 1. The topological polar surface area (TPSA) is 79.2 Å². The van der Waals surface area contributed by atoms with Gasteiger partial charge in [0.05, 0.1) is 6.54 Å². The fourth-order valence-electron chi connectivity index (χ4n) is 2.62. The Morgan fingerprint density at radius 2 is 2.10 bits per heavy atom. The Balaban J connectivity index is 1.92. The van der Waals surface area contributed by atoms with E-state index in [0.29, 0.717) is 13.0 Å². The van der Waals surface area contributed by atoms with Gasteiger partial charge in [0.2, 0.25) is 0 Å². The maximum atomic E-state index is 12.2. The number of benzene rings is 1. The first-order valence-corrected chi connectivity index (χ1v) is 6.94. The zero-order valence-electron chi connectivity index (χ0n) is 11.8. The van der Waals surface area contributed by atoms with Crippen LogP contribution in [-0.2, 0) is 19.5 Å². The van der Waals surface area contributed by atoms with Crippen molar-refractivity contribution in [1.82, 2.24) is 9.13 Å². The number of aryl methyl sites for hydroxylation is 1. The van der Waals surface area contributed by atoms with Crippen molar-refractivity contribution in [3.05, 3.63) is 56.9 Å².